The van der Waals surface area contributed by atoms with Crippen LogP contribution in [0.1, 0.15) is 6.92 Å². The van der Waals surface area contributed by atoms with Crippen LogP contribution in [0.25, 0.3) is 0 Å². The third-order valence-electron chi connectivity index (χ3n) is 2.57. The molecule has 1 unspecified atom stereocenters. The summed E-state index contributed by atoms with van der Waals surface area (Å²) in [6, 6.07) is 2.17. The summed E-state index contributed by atoms with van der Waals surface area (Å²) >= 11 is 2.98. The number of halogens is 3. The van der Waals surface area contributed by atoms with E-state index in [0.717, 1.165) is 6.07 Å². The average molecular weight is 392 g/mol. The number of sulfonamides is 1. The molecule has 0 aromatic heterocycles. The van der Waals surface area contributed by atoms with Crippen molar-refractivity contribution >= 4 is 38.4 Å². The second-order valence-electron chi connectivity index (χ2n) is 3.96. The van der Waals surface area contributed by atoms with E-state index in [0.29, 0.717) is 0 Å². The summed E-state index contributed by atoms with van der Waals surface area (Å²) < 4.78 is 45.2. The summed E-state index contributed by atoms with van der Waals surface area (Å²) in [5.41, 5.74) is 0. The first-order chi connectivity index (χ1) is 8.81. The average Bonchev–Trinajstić information content (AvgIpc) is 2.38. The van der Waals surface area contributed by atoms with Gasteiger partial charge in [-0.1, -0.05) is 0 Å². The molecule has 0 aliphatic rings. The highest BCUT2D eigenvalue weighted by molar-refractivity contribution is 9.10. The normalized spacial score (nSPS) is 12.7. The van der Waals surface area contributed by atoms with Gasteiger partial charge in [0, 0.05) is 12.6 Å². The van der Waals surface area contributed by atoms with Gasteiger partial charge >= 0.3 is 0 Å². The molecule has 0 bridgehead atoms. The highest BCUT2D eigenvalue weighted by atomic mass is 79.9. The standard InChI is InChI=1S/C11H16BrFN2O3S.ClH/c1-7(14-2)6-15-19(16,17)11-5-9(13)8(12)4-10(11)18-3;/h4-5,7,14-15H,6H2,1-3H3;1H. The Balaban J connectivity index is 0.00000361. The smallest absolute Gasteiger partial charge is 0.244 e. The molecule has 20 heavy (non-hydrogen) atoms. The fraction of sp³-hybridized carbons (Fsp3) is 0.455. The lowest BCUT2D eigenvalue weighted by Gasteiger charge is -2.14. The largest absolute Gasteiger partial charge is 0.495 e. The molecule has 0 saturated heterocycles. The number of hydrogen-bond donors (Lipinski definition) is 2. The molecule has 116 valence electrons. The number of nitrogens with one attached hydrogen (secondary N) is 2. The molecule has 5 nitrogen and oxygen atoms in total. The van der Waals surface area contributed by atoms with Gasteiger partial charge in [-0.25, -0.2) is 17.5 Å². The van der Waals surface area contributed by atoms with E-state index in [9.17, 15) is 12.8 Å². The molecule has 0 heterocycles. The molecular weight excluding hydrogens is 375 g/mol. The van der Waals surface area contributed by atoms with Crippen LogP contribution in [0.4, 0.5) is 4.39 Å². The molecule has 0 aliphatic heterocycles. The minimum absolute atomic E-state index is 0. The molecule has 0 saturated carbocycles. The molecule has 9 heteroatoms. The molecule has 1 aromatic rings. The Hall–Kier alpha value is -0.410. The highest BCUT2D eigenvalue weighted by Crippen LogP contribution is 2.29. The van der Waals surface area contributed by atoms with Crippen LogP contribution in [-0.4, -0.2) is 35.2 Å². The molecule has 0 radical (unpaired) electrons. The maximum Gasteiger partial charge on any atom is 0.244 e. The summed E-state index contributed by atoms with van der Waals surface area (Å²) in [4.78, 5) is -0.223. The zero-order valence-corrected chi connectivity index (χ0v) is 14.5. The first kappa shape index (κ1) is 19.6. The quantitative estimate of drug-likeness (QED) is 0.777. The second kappa shape index (κ2) is 8.14. The fourth-order valence-electron chi connectivity index (χ4n) is 1.29. The Labute approximate surface area is 132 Å². The van der Waals surface area contributed by atoms with E-state index in [2.05, 4.69) is 26.0 Å². The van der Waals surface area contributed by atoms with Crippen LogP contribution in [0, 0.1) is 5.82 Å². The van der Waals surface area contributed by atoms with Crippen molar-refractivity contribution in [2.45, 2.75) is 17.9 Å². The molecule has 1 atom stereocenters. The SMILES string of the molecule is CNC(C)CNS(=O)(=O)c1cc(F)c(Br)cc1OC.Cl. The Morgan fingerprint density at radius 3 is 2.55 bits per heavy atom. The molecule has 2 N–H and O–H groups in total. The summed E-state index contributed by atoms with van der Waals surface area (Å²) in [5, 5.41) is 2.90. The van der Waals surface area contributed by atoms with Crippen LogP contribution in [0.15, 0.2) is 21.5 Å². The van der Waals surface area contributed by atoms with Crippen molar-refractivity contribution in [3.63, 3.8) is 0 Å². The predicted octanol–water partition coefficient (Wildman–Crippen LogP) is 1.90. The zero-order chi connectivity index (χ0) is 14.6. The lowest BCUT2D eigenvalue weighted by atomic mass is 10.3. The van der Waals surface area contributed by atoms with Gasteiger partial charge in [-0.3, -0.25) is 0 Å². The van der Waals surface area contributed by atoms with Gasteiger partial charge in [0.1, 0.15) is 16.5 Å². The molecule has 0 amide bonds. The van der Waals surface area contributed by atoms with Gasteiger partial charge in [-0.2, -0.15) is 0 Å². The number of rotatable bonds is 6. The third kappa shape index (κ3) is 4.85. The monoisotopic (exact) mass is 390 g/mol. The maximum atomic E-state index is 13.5. The highest BCUT2D eigenvalue weighted by Gasteiger charge is 2.22. The van der Waals surface area contributed by atoms with Crippen molar-refractivity contribution in [3.8, 4) is 5.75 Å². The van der Waals surface area contributed by atoms with E-state index in [1.807, 2.05) is 6.92 Å². The van der Waals surface area contributed by atoms with Gasteiger partial charge in [0.25, 0.3) is 0 Å². The molecule has 0 spiro atoms. The van der Waals surface area contributed by atoms with Crippen molar-refractivity contribution in [2.24, 2.45) is 0 Å². The van der Waals surface area contributed by atoms with Crippen molar-refractivity contribution in [2.75, 3.05) is 20.7 Å². The van der Waals surface area contributed by atoms with Crippen molar-refractivity contribution in [1.29, 1.82) is 0 Å². The Morgan fingerprint density at radius 1 is 1.45 bits per heavy atom. The van der Waals surface area contributed by atoms with E-state index in [4.69, 9.17) is 4.74 Å². The Morgan fingerprint density at radius 2 is 2.05 bits per heavy atom. The predicted molar refractivity (Wildman–Crippen MR) is 81.6 cm³/mol. The van der Waals surface area contributed by atoms with Gasteiger partial charge in [0.15, 0.2) is 0 Å². The van der Waals surface area contributed by atoms with Crippen LogP contribution in [0.3, 0.4) is 0 Å². The fourth-order valence-corrected chi connectivity index (χ4v) is 2.91. The summed E-state index contributed by atoms with van der Waals surface area (Å²) in [5.74, 6) is -0.583. The second-order valence-corrected chi connectivity index (χ2v) is 6.55. The first-order valence-corrected chi connectivity index (χ1v) is 7.79. The number of hydrogen-bond acceptors (Lipinski definition) is 4. The van der Waals surface area contributed by atoms with Gasteiger partial charge < -0.3 is 10.1 Å². The lowest BCUT2D eigenvalue weighted by molar-refractivity contribution is 0.400. The zero-order valence-electron chi connectivity index (χ0n) is 11.2. The van der Waals surface area contributed by atoms with Crippen LogP contribution in [0.2, 0.25) is 0 Å². The Kier molecular flexibility index (Phi) is 7.97. The third-order valence-corrected chi connectivity index (χ3v) is 4.62. The van der Waals surface area contributed by atoms with Crippen LogP contribution >= 0.6 is 28.3 Å². The Bertz CT molecular complexity index is 557. The van der Waals surface area contributed by atoms with Gasteiger partial charge in [-0.15, -0.1) is 12.4 Å². The number of methoxy groups -OCH3 is 1. The van der Waals surface area contributed by atoms with E-state index in [1.165, 1.54) is 13.2 Å². The maximum absolute atomic E-state index is 13.5. The number of benzene rings is 1. The van der Waals surface area contributed by atoms with Gasteiger partial charge in [-0.05, 0) is 42.0 Å². The lowest BCUT2D eigenvalue weighted by Crippen LogP contribution is -2.37. The van der Waals surface area contributed by atoms with Crippen LogP contribution in [-0.2, 0) is 10.0 Å². The summed E-state index contributed by atoms with van der Waals surface area (Å²) in [6.45, 7) is 2.02. The minimum atomic E-state index is -3.82. The van der Waals surface area contributed by atoms with Crippen LogP contribution < -0.4 is 14.8 Å². The number of ether oxygens (including phenoxy) is 1. The van der Waals surface area contributed by atoms with E-state index >= 15 is 0 Å². The van der Waals surface area contributed by atoms with Crippen molar-refractivity contribution < 1.29 is 17.5 Å². The first-order valence-electron chi connectivity index (χ1n) is 5.51. The molecule has 0 fully saturated rings. The van der Waals surface area contributed by atoms with E-state index in [-0.39, 0.29) is 40.1 Å². The van der Waals surface area contributed by atoms with Gasteiger partial charge in [0.05, 0.1) is 11.6 Å². The molecule has 1 aromatic carbocycles. The minimum Gasteiger partial charge on any atom is -0.495 e. The van der Waals surface area contributed by atoms with E-state index in [1.54, 1.807) is 7.05 Å². The van der Waals surface area contributed by atoms with Gasteiger partial charge in [0.2, 0.25) is 10.0 Å². The topological polar surface area (TPSA) is 67.4 Å². The number of likely N-dealkylation sites (N-methyl/N-ethyl adjacent to an activating group) is 1. The molecular formula is C11H17BrClFN2O3S. The van der Waals surface area contributed by atoms with Crippen molar-refractivity contribution in [3.05, 3.63) is 22.4 Å². The summed E-state index contributed by atoms with van der Waals surface area (Å²) in [6.07, 6.45) is 0. The summed E-state index contributed by atoms with van der Waals surface area (Å²) in [7, 11) is -0.774. The molecule has 0 aliphatic carbocycles. The van der Waals surface area contributed by atoms with Crippen LogP contribution in [0.5, 0.6) is 5.75 Å². The van der Waals surface area contributed by atoms with Crippen molar-refractivity contribution in [1.82, 2.24) is 10.0 Å². The van der Waals surface area contributed by atoms with E-state index < -0.39 is 15.8 Å². The molecule has 1 rings (SSSR count).